The Kier molecular flexibility index (Phi) is 2.40. The Morgan fingerprint density at radius 2 is 2.11 bits per heavy atom. The van der Waals surface area contributed by atoms with Crippen molar-refractivity contribution in [3.63, 3.8) is 0 Å². The monoisotopic (exact) mass is 243 g/mol. The van der Waals surface area contributed by atoms with Crippen LogP contribution < -0.4 is 5.32 Å². The Morgan fingerprint density at radius 1 is 1.22 bits per heavy atom. The summed E-state index contributed by atoms with van der Waals surface area (Å²) in [4.78, 5) is 15.2. The van der Waals surface area contributed by atoms with Crippen LogP contribution in [-0.4, -0.2) is 19.9 Å². The molecule has 2 aromatic heterocycles. The third-order valence-electron chi connectivity index (χ3n) is 2.66. The van der Waals surface area contributed by atoms with Gasteiger partial charge in [0.15, 0.2) is 11.5 Å². The molecule has 18 heavy (non-hydrogen) atoms. The van der Waals surface area contributed by atoms with Gasteiger partial charge in [0.25, 0.3) is 0 Å². The predicted molar refractivity (Wildman–Crippen MR) is 66.1 cm³/mol. The molecule has 0 saturated heterocycles. The maximum Gasteiger partial charge on any atom is 0.182 e. The van der Waals surface area contributed by atoms with Gasteiger partial charge in [-0.2, -0.15) is 0 Å². The van der Waals surface area contributed by atoms with E-state index < -0.39 is 0 Å². The van der Waals surface area contributed by atoms with Crippen LogP contribution in [0.4, 0.5) is 15.9 Å². The molecule has 1 aromatic carbocycles. The number of rotatable bonds is 2. The van der Waals surface area contributed by atoms with E-state index in [1.165, 1.54) is 18.5 Å². The number of nitrogens with one attached hydrogen (secondary N) is 2. The molecule has 0 radical (unpaired) electrons. The highest BCUT2D eigenvalue weighted by molar-refractivity contribution is 5.84. The van der Waals surface area contributed by atoms with Gasteiger partial charge < -0.3 is 10.3 Å². The number of aryl methyl sites for hydroxylation is 1. The Hall–Kier alpha value is -2.50. The average molecular weight is 243 g/mol. The van der Waals surface area contributed by atoms with Crippen LogP contribution in [0.15, 0.2) is 30.9 Å². The number of imidazole rings is 1. The standard InChI is InChI=1S/C12H10FN5/c1-7-4-8(13)2-3-9(7)18-12-10-11(15-5-14-10)16-6-17-12/h2-6H,1H3,(H2,14,15,16,17,18). The van der Waals surface area contributed by atoms with Crippen molar-refractivity contribution in [3.05, 3.63) is 42.2 Å². The van der Waals surface area contributed by atoms with Crippen LogP contribution in [0.1, 0.15) is 5.56 Å². The summed E-state index contributed by atoms with van der Waals surface area (Å²) in [6.07, 6.45) is 2.99. The number of aromatic nitrogens is 4. The maximum atomic E-state index is 13.0. The summed E-state index contributed by atoms with van der Waals surface area (Å²) >= 11 is 0. The lowest BCUT2D eigenvalue weighted by atomic mass is 10.2. The van der Waals surface area contributed by atoms with E-state index in [2.05, 4.69) is 25.3 Å². The number of fused-ring (bicyclic) bond motifs is 1. The number of halogens is 1. The van der Waals surface area contributed by atoms with Crippen molar-refractivity contribution in [2.75, 3.05) is 5.32 Å². The topological polar surface area (TPSA) is 66.5 Å². The molecule has 2 heterocycles. The van der Waals surface area contributed by atoms with E-state index in [0.29, 0.717) is 11.5 Å². The minimum absolute atomic E-state index is 0.257. The second-order valence-electron chi connectivity index (χ2n) is 3.91. The highest BCUT2D eigenvalue weighted by Crippen LogP contribution is 2.23. The van der Waals surface area contributed by atoms with E-state index in [0.717, 1.165) is 16.8 Å². The lowest BCUT2D eigenvalue weighted by molar-refractivity contribution is 0.627. The summed E-state index contributed by atoms with van der Waals surface area (Å²) < 4.78 is 13.0. The number of hydrogen-bond acceptors (Lipinski definition) is 4. The number of hydrogen-bond donors (Lipinski definition) is 2. The Morgan fingerprint density at radius 3 is 2.94 bits per heavy atom. The van der Waals surface area contributed by atoms with Gasteiger partial charge in [-0.3, -0.25) is 0 Å². The van der Waals surface area contributed by atoms with E-state index in [9.17, 15) is 4.39 Å². The molecule has 0 atom stereocenters. The maximum absolute atomic E-state index is 13.0. The van der Waals surface area contributed by atoms with E-state index in [4.69, 9.17) is 0 Å². The molecule has 90 valence electrons. The highest BCUT2D eigenvalue weighted by Gasteiger charge is 2.07. The second kappa shape index (κ2) is 4.06. The molecule has 6 heteroatoms. The lowest BCUT2D eigenvalue weighted by Gasteiger charge is -2.08. The van der Waals surface area contributed by atoms with Gasteiger partial charge in [-0.1, -0.05) is 0 Å². The summed E-state index contributed by atoms with van der Waals surface area (Å²) in [5.41, 5.74) is 2.92. The zero-order chi connectivity index (χ0) is 12.5. The molecule has 0 spiro atoms. The average Bonchev–Trinajstić information content (AvgIpc) is 2.82. The molecule has 3 aromatic rings. The molecule has 0 saturated carbocycles. The third kappa shape index (κ3) is 1.77. The molecular weight excluding hydrogens is 233 g/mol. The van der Waals surface area contributed by atoms with Gasteiger partial charge in [0.05, 0.1) is 6.33 Å². The quantitative estimate of drug-likeness (QED) is 0.725. The van der Waals surface area contributed by atoms with Crippen molar-refractivity contribution in [1.29, 1.82) is 0 Å². The molecule has 0 unspecified atom stereocenters. The molecule has 0 aliphatic carbocycles. The fourth-order valence-corrected chi connectivity index (χ4v) is 1.75. The van der Waals surface area contributed by atoms with Gasteiger partial charge in [-0.25, -0.2) is 19.3 Å². The normalized spacial score (nSPS) is 10.8. The third-order valence-corrected chi connectivity index (χ3v) is 2.66. The molecule has 2 N–H and O–H groups in total. The fraction of sp³-hybridized carbons (Fsp3) is 0.0833. The number of anilines is 2. The molecule has 5 nitrogen and oxygen atoms in total. The second-order valence-corrected chi connectivity index (χ2v) is 3.91. The van der Waals surface area contributed by atoms with E-state index >= 15 is 0 Å². The summed E-state index contributed by atoms with van der Waals surface area (Å²) in [5.74, 6) is 0.361. The molecule has 0 amide bonds. The molecular formula is C12H10FN5. The first-order valence-corrected chi connectivity index (χ1v) is 5.41. The number of H-pyrrole nitrogens is 1. The van der Waals surface area contributed by atoms with E-state index in [-0.39, 0.29) is 5.82 Å². The van der Waals surface area contributed by atoms with Gasteiger partial charge in [0.1, 0.15) is 17.7 Å². The number of nitrogens with zero attached hydrogens (tertiary/aromatic N) is 3. The van der Waals surface area contributed by atoms with Crippen LogP contribution in [0.25, 0.3) is 11.2 Å². The molecule has 3 rings (SSSR count). The Bertz CT molecular complexity index is 707. The van der Waals surface area contributed by atoms with Gasteiger partial charge in [-0.15, -0.1) is 0 Å². The SMILES string of the molecule is Cc1cc(F)ccc1Nc1ncnc2nc[nH]c12. The van der Waals surface area contributed by atoms with Crippen LogP contribution in [0.5, 0.6) is 0 Å². The van der Waals surface area contributed by atoms with Crippen LogP contribution in [-0.2, 0) is 0 Å². The molecule has 0 aliphatic rings. The summed E-state index contributed by atoms with van der Waals surface area (Å²) in [7, 11) is 0. The first-order chi connectivity index (χ1) is 8.74. The van der Waals surface area contributed by atoms with E-state index in [1.807, 2.05) is 6.92 Å². The smallest absolute Gasteiger partial charge is 0.182 e. The van der Waals surface area contributed by atoms with Gasteiger partial charge in [0.2, 0.25) is 0 Å². The van der Waals surface area contributed by atoms with Gasteiger partial charge in [0, 0.05) is 5.69 Å². The molecule has 0 aliphatic heterocycles. The van der Waals surface area contributed by atoms with Crippen LogP contribution in [0.3, 0.4) is 0 Å². The predicted octanol–water partition coefficient (Wildman–Crippen LogP) is 2.54. The largest absolute Gasteiger partial charge is 0.340 e. The lowest BCUT2D eigenvalue weighted by Crippen LogP contribution is -1.98. The van der Waals surface area contributed by atoms with Gasteiger partial charge in [-0.05, 0) is 30.7 Å². The zero-order valence-corrected chi connectivity index (χ0v) is 9.61. The van der Waals surface area contributed by atoms with Crippen LogP contribution >= 0.6 is 0 Å². The van der Waals surface area contributed by atoms with Crippen molar-refractivity contribution < 1.29 is 4.39 Å². The number of benzene rings is 1. The molecule has 0 fully saturated rings. The van der Waals surface area contributed by atoms with Crippen molar-refractivity contribution in [2.45, 2.75) is 6.92 Å². The van der Waals surface area contributed by atoms with Crippen molar-refractivity contribution in [1.82, 2.24) is 19.9 Å². The van der Waals surface area contributed by atoms with Crippen molar-refractivity contribution >= 4 is 22.7 Å². The summed E-state index contributed by atoms with van der Waals surface area (Å²) in [6.45, 7) is 1.83. The van der Waals surface area contributed by atoms with Crippen molar-refractivity contribution in [2.24, 2.45) is 0 Å². The van der Waals surface area contributed by atoms with E-state index in [1.54, 1.807) is 12.4 Å². The molecule has 0 bridgehead atoms. The summed E-state index contributed by atoms with van der Waals surface area (Å²) in [5, 5.41) is 3.14. The Labute approximate surface area is 102 Å². The van der Waals surface area contributed by atoms with Crippen molar-refractivity contribution in [3.8, 4) is 0 Å². The first-order valence-electron chi connectivity index (χ1n) is 5.41. The summed E-state index contributed by atoms with van der Waals surface area (Å²) in [6, 6.07) is 4.54. The van der Waals surface area contributed by atoms with Crippen LogP contribution in [0, 0.1) is 12.7 Å². The minimum atomic E-state index is -0.257. The minimum Gasteiger partial charge on any atom is -0.340 e. The van der Waals surface area contributed by atoms with Crippen LogP contribution in [0.2, 0.25) is 0 Å². The zero-order valence-electron chi connectivity index (χ0n) is 9.61. The van der Waals surface area contributed by atoms with Gasteiger partial charge >= 0.3 is 0 Å². The Balaban J connectivity index is 2.03. The highest BCUT2D eigenvalue weighted by atomic mass is 19.1. The first kappa shape index (κ1) is 10.6. The fourth-order valence-electron chi connectivity index (χ4n) is 1.75. The number of aromatic amines is 1.